The van der Waals surface area contributed by atoms with E-state index in [9.17, 15) is 13.6 Å². The highest BCUT2D eigenvalue weighted by Gasteiger charge is 2.16. The molecule has 2 aromatic carbocycles. The van der Waals surface area contributed by atoms with Crippen molar-refractivity contribution < 1.29 is 13.6 Å². The Morgan fingerprint density at radius 3 is 2.73 bits per heavy atom. The molecule has 0 bridgehead atoms. The number of thioether (sulfide) groups is 1. The largest absolute Gasteiger partial charge is 0.335 e. The Balaban J connectivity index is 1.67. The lowest BCUT2D eigenvalue weighted by atomic mass is 10.2. The van der Waals surface area contributed by atoms with E-state index in [1.807, 2.05) is 24.3 Å². The normalized spacial score (nSPS) is 10.7. The summed E-state index contributed by atoms with van der Waals surface area (Å²) in [6.45, 7) is 0. The van der Waals surface area contributed by atoms with E-state index in [2.05, 4.69) is 31.4 Å². The molecule has 0 aliphatic heterocycles. The molecule has 3 N–H and O–H groups in total. The number of nitrogens with two attached hydrogens (primary N) is 1. The maximum Gasteiger partial charge on any atom is 0.234 e. The van der Waals surface area contributed by atoms with Crippen molar-refractivity contribution in [3.63, 3.8) is 0 Å². The zero-order valence-electron chi connectivity index (χ0n) is 13.1. The van der Waals surface area contributed by atoms with Crippen LogP contribution in [0.1, 0.15) is 0 Å². The highest BCUT2D eigenvalue weighted by Crippen LogP contribution is 2.28. The molecular formula is C16H12BrF2N5OS. The molecule has 0 aliphatic rings. The van der Waals surface area contributed by atoms with Crippen LogP contribution in [0.15, 0.2) is 52.1 Å². The van der Waals surface area contributed by atoms with Crippen LogP contribution in [0.5, 0.6) is 0 Å². The average Bonchev–Trinajstić information content (AvgIpc) is 2.97. The summed E-state index contributed by atoms with van der Waals surface area (Å²) < 4.78 is 28.5. The van der Waals surface area contributed by atoms with Crippen LogP contribution in [-0.2, 0) is 4.79 Å². The minimum atomic E-state index is -0.846. The number of anilines is 1. The molecule has 10 heteroatoms. The first-order valence-corrected chi connectivity index (χ1v) is 9.06. The molecule has 0 aliphatic carbocycles. The summed E-state index contributed by atoms with van der Waals surface area (Å²) in [5, 5.41) is 10.7. The lowest BCUT2D eigenvalue weighted by Gasteiger charge is -2.07. The second kappa shape index (κ2) is 7.83. The zero-order valence-corrected chi connectivity index (χ0v) is 15.5. The van der Waals surface area contributed by atoms with Crippen molar-refractivity contribution in [2.75, 3.05) is 16.9 Å². The average molecular weight is 440 g/mol. The van der Waals surface area contributed by atoms with Gasteiger partial charge in [-0.25, -0.2) is 13.5 Å². The van der Waals surface area contributed by atoms with Gasteiger partial charge in [0.15, 0.2) is 5.82 Å². The van der Waals surface area contributed by atoms with Gasteiger partial charge in [0.1, 0.15) is 11.6 Å². The van der Waals surface area contributed by atoms with Crippen molar-refractivity contribution in [2.45, 2.75) is 5.16 Å². The summed E-state index contributed by atoms with van der Waals surface area (Å²) in [5.41, 5.74) is 0.660. The fraction of sp³-hybridized carbons (Fsp3) is 0.0625. The minimum Gasteiger partial charge on any atom is -0.335 e. The molecule has 3 rings (SSSR count). The summed E-state index contributed by atoms with van der Waals surface area (Å²) in [7, 11) is 0. The molecule has 1 heterocycles. The molecule has 0 saturated carbocycles. The Labute approximate surface area is 159 Å². The molecule has 0 radical (unpaired) electrons. The van der Waals surface area contributed by atoms with Crippen LogP contribution in [0.2, 0.25) is 0 Å². The van der Waals surface area contributed by atoms with Gasteiger partial charge in [-0.2, -0.15) is 0 Å². The van der Waals surface area contributed by atoms with Crippen molar-refractivity contribution in [1.82, 2.24) is 14.9 Å². The first-order valence-electron chi connectivity index (χ1n) is 7.29. The van der Waals surface area contributed by atoms with Crippen molar-refractivity contribution in [3.05, 3.63) is 58.6 Å². The van der Waals surface area contributed by atoms with Crippen molar-refractivity contribution in [1.29, 1.82) is 0 Å². The topological polar surface area (TPSA) is 85.8 Å². The Morgan fingerprint density at radius 2 is 2.00 bits per heavy atom. The maximum absolute atomic E-state index is 13.6. The standard InChI is InChI=1S/C16H12BrF2N5OS/c17-11-4-2-1-3-10(11)15-22-23-16(24(15)20)26-8-14(25)21-13-6-5-9(18)7-12(13)19/h1-7H,8,20H2,(H,21,25). The summed E-state index contributed by atoms with van der Waals surface area (Å²) >= 11 is 4.46. The van der Waals surface area contributed by atoms with Gasteiger partial charge in [-0.05, 0) is 24.3 Å². The Bertz CT molecular complexity index is 966. The number of nitrogens with zero attached hydrogens (tertiary/aromatic N) is 3. The van der Waals surface area contributed by atoms with Crippen LogP contribution >= 0.6 is 27.7 Å². The second-order valence-electron chi connectivity index (χ2n) is 5.12. The third-order valence-corrected chi connectivity index (χ3v) is 4.95. The summed E-state index contributed by atoms with van der Waals surface area (Å²) in [5.74, 6) is 4.32. The molecular weight excluding hydrogens is 428 g/mol. The Hall–Kier alpha value is -2.46. The first-order chi connectivity index (χ1) is 12.5. The van der Waals surface area contributed by atoms with Crippen molar-refractivity contribution in [3.8, 4) is 11.4 Å². The number of aromatic nitrogens is 3. The monoisotopic (exact) mass is 439 g/mol. The van der Waals surface area contributed by atoms with Crippen LogP contribution in [-0.4, -0.2) is 26.5 Å². The minimum absolute atomic E-state index is 0.0674. The highest BCUT2D eigenvalue weighted by molar-refractivity contribution is 9.10. The second-order valence-corrected chi connectivity index (χ2v) is 6.91. The lowest BCUT2D eigenvalue weighted by molar-refractivity contribution is -0.113. The molecule has 0 saturated heterocycles. The van der Waals surface area contributed by atoms with E-state index >= 15 is 0 Å². The Morgan fingerprint density at radius 1 is 1.23 bits per heavy atom. The molecule has 0 fully saturated rings. The van der Waals surface area contributed by atoms with Crippen LogP contribution in [0, 0.1) is 11.6 Å². The van der Waals surface area contributed by atoms with Gasteiger partial charge in [-0.3, -0.25) is 4.79 Å². The van der Waals surface area contributed by atoms with Crippen LogP contribution < -0.4 is 11.2 Å². The molecule has 0 spiro atoms. The highest BCUT2D eigenvalue weighted by atomic mass is 79.9. The van der Waals surface area contributed by atoms with Crippen LogP contribution in [0.4, 0.5) is 14.5 Å². The summed E-state index contributed by atoms with van der Waals surface area (Å²) in [4.78, 5) is 12.0. The van der Waals surface area contributed by atoms with Crippen molar-refractivity contribution in [2.24, 2.45) is 0 Å². The van der Waals surface area contributed by atoms with Gasteiger partial charge in [0.2, 0.25) is 11.1 Å². The van der Waals surface area contributed by atoms with Crippen LogP contribution in [0.3, 0.4) is 0 Å². The van der Waals surface area contributed by atoms with Gasteiger partial charge in [-0.1, -0.05) is 39.8 Å². The summed E-state index contributed by atoms with van der Waals surface area (Å²) in [6, 6.07) is 10.3. The SMILES string of the molecule is Nn1c(SCC(=O)Nc2ccc(F)cc2F)nnc1-c1ccccc1Br. The molecule has 26 heavy (non-hydrogen) atoms. The van der Waals surface area contributed by atoms with E-state index in [1.54, 1.807) is 0 Å². The van der Waals surface area contributed by atoms with Gasteiger partial charge in [0, 0.05) is 16.1 Å². The van der Waals surface area contributed by atoms with Gasteiger partial charge < -0.3 is 11.2 Å². The van der Waals surface area contributed by atoms with Gasteiger partial charge in [0.25, 0.3) is 0 Å². The molecule has 134 valence electrons. The predicted molar refractivity (Wildman–Crippen MR) is 99.0 cm³/mol. The number of hydrogen-bond acceptors (Lipinski definition) is 5. The number of amides is 1. The molecule has 3 aromatic rings. The van der Waals surface area contributed by atoms with Crippen LogP contribution in [0.25, 0.3) is 11.4 Å². The van der Waals surface area contributed by atoms with E-state index in [0.29, 0.717) is 17.0 Å². The number of hydrogen-bond donors (Lipinski definition) is 2. The smallest absolute Gasteiger partial charge is 0.234 e. The van der Waals surface area contributed by atoms with Gasteiger partial charge in [0.05, 0.1) is 11.4 Å². The van der Waals surface area contributed by atoms with Crippen molar-refractivity contribution >= 4 is 39.3 Å². The summed E-state index contributed by atoms with van der Waals surface area (Å²) in [6.07, 6.45) is 0. The first kappa shape index (κ1) is 18.3. The van der Waals surface area contributed by atoms with E-state index in [1.165, 1.54) is 4.68 Å². The number of nitrogen functional groups attached to an aromatic ring is 1. The predicted octanol–water partition coefficient (Wildman–Crippen LogP) is 3.43. The van der Waals surface area contributed by atoms with Gasteiger partial charge >= 0.3 is 0 Å². The van der Waals surface area contributed by atoms with E-state index in [-0.39, 0.29) is 11.4 Å². The van der Waals surface area contributed by atoms with E-state index < -0.39 is 17.5 Å². The number of halogens is 3. The Kier molecular flexibility index (Phi) is 5.52. The van der Waals surface area contributed by atoms with E-state index in [4.69, 9.17) is 5.84 Å². The molecule has 1 aromatic heterocycles. The van der Waals surface area contributed by atoms with Gasteiger partial charge in [-0.15, -0.1) is 10.2 Å². The zero-order chi connectivity index (χ0) is 18.7. The molecule has 1 amide bonds. The number of carbonyl (C=O) groups is 1. The van der Waals surface area contributed by atoms with E-state index in [0.717, 1.165) is 33.9 Å². The molecule has 0 unspecified atom stereocenters. The number of nitrogens with one attached hydrogen (secondary N) is 1. The fourth-order valence-corrected chi connectivity index (χ4v) is 3.23. The number of benzene rings is 2. The molecule has 0 atom stereocenters. The maximum atomic E-state index is 13.6. The third-order valence-electron chi connectivity index (χ3n) is 3.32. The quantitative estimate of drug-likeness (QED) is 0.469. The number of carbonyl (C=O) groups excluding carboxylic acids is 1. The fourth-order valence-electron chi connectivity index (χ4n) is 2.11. The third kappa shape index (κ3) is 4.02. The lowest BCUT2D eigenvalue weighted by Crippen LogP contribution is -2.17. The molecule has 6 nitrogen and oxygen atoms in total. The number of rotatable bonds is 5.